The molecule has 0 aliphatic carbocycles. The Balaban J connectivity index is 3.14. The number of thiophene rings is 1. The number of carboxylic acids is 1. The van der Waals surface area contributed by atoms with E-state index in [0.717, 1.165) is 15.3 Å². The van der Waals surface area contributed by atoms with Gasteiger partial charge in [-0.2, -0.15) is 5.26 Å². The topological polar surface area (TPSA) is 61.1 Å². The fourth-order valence-corrected chi connectivity index (χ4v) is 2.00. The molecular weight excluding hydrogens is 198 g/mol. The normalized spacial score (nSPS) is 11.1. The van der Waals surface area contributed by atoms with Gasteiger partial charge in [-0.15, -0.1) is 11.3 Å². The third-order valence-corrected chi connectivity index (χ3v) is 2.71. The van der Waals surface area contributed by atoms with E-state index in [0.29, 0.717) is 0 Å². The van der Waals surface area contributed by atoms with E-state index in [-0.39, 0.29) is 5.57 Å². The third kappa shape index (κ3) is 2.21. The summed E-state index contributed by atoms with van der Waals surface area (Å²) in [4.78, 5) is 12.7. The van der Waals surface area contributed by atoms with E-state index in [1.807, 2.05) is 19.9 Å². The van der Waals surface area contributed by atoms with Crippen LogP contribution in [-0.4, -0.2) is 11.1 Å². The number of hydrogen-bond acceptors (Lipinski definition) is 3. The quantitative estimate of drug-likeness (QED) is 0.598. The summed E-state index contributed by atoms with van der Waals surface area (Å²) < 4.78 is 0. The van der Waals surface area contributed by atoms with Crippen molar-refractivity contribution >= 4 is 23.4 Å². The highest BCUT2D eigenvalue weighted by Crippen LogP contribution is 2.22. The molecular formula is C10H9NO2S. The molecule has 14 heavy (non-hydrogen) atoms. The Hall–Kier alpha value is -1.60. The largest absolute Gasteiger partial charge is 0.477 e. The summed E-state index contributed by atoms with van der Waals surface area (Å²) in [6, 6.07) is 3.53. The molecule has 3 nitrogen and oxygen atoms in total. The van der Waals surface area contributed by atoms with Crippen LogP contribution < -0.4 is 0 Å². The summed E-state index contributed by atoms with van der Waals surface area (Å²) in [6.07, 6.45) is 1.40. The van der Waals surface area contributed by atoms with Crippen LogP contribution in [0.5, 0.6) is 0 Å². The fourth-order valence-electron chi connectivity index (χ4n) is 1.09. The molecule has 0 amide bonds. The van der Waals surface area contributed by atoms with Gasteiger partial charge in [0.1, 0.15) is 11.6 Å². The van der Waals surface area contributed by atoms with Gasteiger partial charge >= 0.3 is 5.97 Å². The number of nitriles is 1. The van der Waals surface area contributed by atoms with E-state index in [1.165, 1.54) is 6.08 Å². The van der Waals surface area contributed by atoms with Crippen LogP contribution in [-0.2, 0) is 4.79 Å². The van der Waals surface area contributed by atoms with Crippen molar-refractivity contribution in [1.82, 2.24) is 0 Å². The Morgan fingerprint density at radius 3 is 2.64 bits per heavy atom. The van der Waals surface area contributed by atoms with E-state index < -0.39 is 5.97 Å². The van der Waals surface area contributed by atoms with Crippen molar-refractivity contribution in [2.45, 2.75) is 13.8 Å². The Morgan fingerprint density at radius 1 is 1.64 bits per heavy atom. The number of aryl methyl sites for hydroxylation is 2. The van der Waals surface area contributed by atoms with Crippen molar-refractivity contribution < 1.29 is 9.90 Å². The minimum absolute atomic E-state index is 0.231. The zero-order valence-electron chi connectivity index (χ0n) is 7.87. The minimum atomic E-state index is -1.18. The van der Waals surface area contributed by atoms with Gasteiger partial charge in [0.15, 0.2) is 0 Å². The number of nitrogens with zero attached hydrogens (tertiary/aromatic N) is 1. The van der Waals surface area contributed by atoms with Gasteiger partial charge in [-0.05, 0) is 31.6 Å². The maximum atomic E-state index is 10.6. The second kappa shape index (κ2) is 4.07. The molecule has 0 aliphatic heterocycles. The molecule has 0 unspecified atom stereocenters. The molecule has 0 saturated heterocycles. The summed E-state index contributed by atoms with van der Waals surface area (Å²) in [6.45, 7) is 3.85. The Labute approximate surface area is 85.9 Å². The van der Waals surface area contributed by atoms with Crippen LogP contribution in [0.25, 0.3) is 6.08 Å². The maximum absolute atomic E-state index is 10.6. The second-order valence-electron chi connectivity index (χ2n) is 2.84. The predicted octanol–water partition coefficient (Wildman–Crippen LogP) is 2.36. The van der Waals surface area contributed by atoms with Gasteiger partial charge in [0.05, 0.1) is 0 Å². The van der Waals surface area contributed by atoms with Crippen molar-refractivity contribution in [1.29, 1.82) is 5.26 Å². The van der Waals surface area contributed by atoms with Crippen molar-refractivity contribution in [3.8, 4) is 6.07 Å². The summed E-state index contributed by atoms with van der Waals surface area (Å²) in [5.41, 5.74) is 0.581. The number of rotatable bonds is 2. The first kappa shape index (κ1) is 10.5. The van der Waals surface area contributed by atoms with Gasteiger partial charge in [-0.1, -0.05) is 0 Å². The van der Waals surface area contributed by atoms with Gasteiger partial charge in [-0.25, -0.2) is 4.79 Å². The fraction of sp³-hybridized carbons (Fsp3) is 0.200. The summed E-state index contributed by atoms with van der Waals surface area (Å²) in [7, 11) is 0. The molecule has 1 N–H and O–H groups in total. The first-order valence-electron chi connectivity index (χ1n) is 3.96. The van der Waals surface area contributed by atoms with E-state index in [2.05, 4.69) is 0 Å². The maximum Gasteiger partial charge on any atom is 0.346 e. The molecule has 4 heteroatoms. The lowest BCUT2D eigenvalue weighted by atomic mass is 10.1. The lowest BCUT2D eigenvalue weighted by Gasteiger charge is -1.90. The first-order chi connectivity index (χ1) is 6.54. The summed E-state index contributed by atoms with van der Waals surface area (Å²) in [5, 5.41) is 17.2. The van der Waals surface area contributed by atoms with Gasteiger partial charge < -0.3 is 5.11 Å². The molecule has 1 aromatic heterocycles. The first-order valence-corrected chi connectivity index (χ1v) is 4.78. The zero-order chi connectivity index (χ0) is 10.7. The van der Waals surface area contributed by atoms with Crippen LogP contribution in [0.1, 0.15) is 15.3 Å². The van der Waals surface area contributed by atoms with E-state index in [4.69, 9.17) is 10.4 Å². The molecule has 0 aromatic carbocycles. The average molecular weight is 207 g/mol. The molecule has 72 valence electrons. The van der Waals surface area contributed by atoms with Gasteiger partial charge in [0.2, 0.25) is 0 Å². The predicted molar refractivity (Wildman–Crippen MR) is 55.0 cm³/mol. The molecule has 1 aromatic rings. The molecule has 0 bridgehead atoms. The highest BCUT2D eigenvalue weighted by molar-refractivity contribution is 7.12. The van der Waals surface area contributed by atoms with Crippen LogP contribution in [0.15, 0.2) is 11.6 Å². The molecule has 0 fully saturated rings. The van der Waals surface area contributed by atoms with Gasteiger partial charge in [0, 0.05) is 9.75 Å². The smallest absolute Gasteiger partial charge is 0.346 e. The molecule has 1 heterocycles. The molecule has 0 atom stereocenters. The van der Waals surface area contributed by atoms with Crippen molar-refractivity contribution in [2.75, 3.05) is 0 Å². The number of carboxylic acid groups (broad SMARTS) is 1. The minimum Gasteiger partial charge on any atom is -0.477 e. The van der Waals surface area contributed by atoms with Crippen LogP contribution in [0.4, 0.5) is 0 Å². The number of hydrogen-bond donors (Lipinski definition) is 1. The van der Waals surface area contributed by atoms with Gasteiger partial charge in [0.25, 0.3) is 0 Å². The van der Waals surface area contributed by atoms with Crippen LogP contribution in [0, 0.1) is 25.2 Å². The van der Waals surface area contributed by atoms with Crippen LogP contribution in [0.2, 0.25) is 0 Å². The monoisotopic (exact) mass is 207 g/mol. The summed E-state index contributed by atoms with van der Waals surface area (Å²) >= 11 is 1.59. The molecule has 0 spiro atoms. The Bertz CT molecular complexity index is 437. The number of aliphatic carboxylic acids is 1. The van der Waals surface area contributed by atoms with Crippen molar-refractivity contribution in [3.05, 3.63) is 27.0 Å². The molecule has 1 rings (SSSR count). The summed E-state index contributed by atoms with van der Waals surface area (Å²) in [5.74, 6) is -1.18. The SMILES string of the molecule is Cc1cc(/C=C(/C#N)C(=O)O)c(C)s1. The third-order valence-electron chi connectivity index (χ3n) is 1.73. The number of carbonyl (C=O) groups is 1. The Morgan fingerprint density at radius 2 is 2.29 bits per heavy atom. The van der Waals surface area contributed by atoms with E-state index in [9.17, 15) is 4.79 Å². The van der Waals surface area contributed by atoms with Gasteiger partial charge in [-0.3, -0.25) is 0 Å². The lowest BCUT2D eigenvalue weighted by molar-refractivity contribution is -0.132. The van der Waals surface area contributed by atoms with E-state index in [1.54, 1.807) is 17.4 Å². The highest BCUT2D eigenvalue weighted by atomic mass is 32.1. The van der Waals surface area contributed by atoms with E-state index >= 15 is 0 Å². The van der Waals surface area contributed by atoms with Crippen molar-refractivity contribution in [3.63, 3.8) is 0 Å². The molecule has 0 aliphatic rings. The highest BCUT2D eigenvalue weighted by Gasteiger charge is 2.07. The average Bonchev–Trinajstić information content (AvgIpc) is 2.40. The van der Waals surface area contributed by atoms with Crippen LogP contribution in [0.3, 0.4) is 0 Å². The Kier molecular flexibility index (Phi) is 3.05. The van der Waals surface area contributed by atoms with Crippen LogP contribution >= 0.6 is 11.3 Å². The molecule has 0 saturated carbocycles. The zero-order valence-corrected chi connectivity index (χ0v) is 8.68. The standard InChI is InChI=1S/C10H9NO2S/c1-6-3-8(7(2)14-6)4-9(5-11)10(12)13/h3-4H,1-2H3,(H,12,13)/b9-4-. The lowest BCUT2D eigenvalue weighted by Crippen LogP contribution is -1.97. The molecule has 0 radical (unpaired) electrons. The second-order valence-corrected chi connectivity index (χ2v) is 4.30. The van der Waals surface area contributed by atoms with Crippen molar-refractivity contribution in [2.24, 2.45) is 0 Å².